The Morgan fingerprint density at radius 2 is 2.11 bits per heavy atom. The largest absolute Gasteiger partial charge is 0.479 e. The van der Waals surface area contributed by atoms with Crippen LogP contribution in [0.3, 0.4) is 0 Å². The van der Waals surface area contributed by atoms with Crippen molar-refractivity contribution in [1.29, 1.82) is 0 Å². The zero-order chi connectivity index (χ0) is 13.7. The number of rotatable bonds is 6. The molecule has 18 heavy (non-hydrogen) atoms. The van der Waals surface area contributed by atoms with E-state index in [1.54, 1.807) is 0 Å². The molecule has 0 aromatic heterocycles. The van der Waals surface area contributed by atoms with Crippen molar-refractivity contribution in [3.05, 3.63) is 29.3 Å². The minimum absolute atomic E-state index is 0.292. The van der Waals surface area contributed by atoms with Gasteiger partial charge in [0.05, 0.1) is 0 Å². The Morgan fingerprint density at radius 3 is 2.61 bits per heavy atom. The van der Waals surface area contributed by atoms with Crippen LogP contribution < -0.4 is 10.5 Å². The summed E-state index contributed by atoms with van der Waals surface area (Å²) in [6, 6.07) is 5.89. The van der Waals surface area contributed by atoms with Gasteiger partial charge in [-0.2, -0.15) is 0 Å². The van der Waals surface area contributed by atoms with E-state index in [1.165, 1.54) is 0 Å². The van der Waals surface area contributed by atoms with Crippen molar-refractivity contribution in [3.8, 4) is 5.75 Å². The van der Waals surface area contributed by atoms with Crippen molar-refractivity contribution < 1.29 is 14.6 Å². The normalized spacial score (nSPS) is 12.5. The zero-order valence-corrected chi connectivity index (χ0v) is 11.1. The van der Waals surface area contributed by atoms with Crippen molar-refractivity contribution in [3.63, 3.8) is 0 Å². The average Bonchev–Trinajstić information content (AvgIpc) is 2.30. The molecule has 3 N–H and O–H groups in total. The van der Waals surface area contributed by atoms with Crippen LogP contribution in [0.25, 0.3) is 0 Å². The molecule has 0 aliphatic heterocycles. The molecule has 0 amide bonds. The summed E-state index contributed by atoms with van der Waals surface area (Å²) >= 11 is 0. The van der Waals surface area contributed by atoms with Crippen LogP contribution in [0.1, 0.15) is 37.3 Å². The zero-order valence-electron chi connectivity index (χ0n) is 11.1. The Kier molecular flexibility index (Phi) is 5.16. The maximum absolute atomic E-state index is 11.0. The van der Waals surface area contributed by atoms with Gasteiger partial charge in [-0.3, -0.25) is 0 Å². The lowest BCUT2D eigenvalue weighted by atomic mass is 10.0. The third-order valence-electron chi connectivity index (χ3n) is 2.85. The highest BCUT2D eigenvalue weighted by Crippen LogP contribution is 2.25. The number of hydrogen-bond donors (Lipinski definition) is 2. The highest BCUT2D eigenvalue weighted by atomic mass is 16.5. The summed E-state index contributed by atoms with van der Waals surface area (Å²) in [4.78, 5) is 11.0. The van der Waals surface area contributed by atoms with E-state index in [4.69, 9.17) is 15.6 Å². The molecule has 0 heterocycles. The van der Waals surface area contributed by atoms with E-state index in [-0.39, 0.29) is 0 Å². The maximum Gasteiger partial charge on any atom is 0.344 e. The van der Waals surface area contributed by atoms with Crippen LogP contribution in [-0.2, 0) is 4.79 Å². The second-order valence-electron chi connectivity index (χ2n) is 4.70. The van der Waals surface area contributed by atoms with Crippen LogP contribution in [0.4, 0.5) is 0 Å². The van der Waals surface area contributed by atoms with Crippen molar-refractivity contribution in [2.24, 2.45) is 5.73 Å². The minimum Gasteiger partial charge on any atom is -0.479 e. The van der Waals surface area contributed by atoms with Gasteiger partial charge in [-0.15, -0.1) is 0 Å². The van der Waals surface area contributed by atoms with Crippen LogP contribution >= 0.6 is 0 Å². The van der Waals surface area contributed by atoms with Crippen LogP contribution in [0.2, 0.25) is 0 Å². The molecule has 100 valence electrons. The molecular formula is C14H21NO3. The van der Waals surface area contributed by atoms with Crippen molar-refractivity contribution in [2.45, 2.75) is 39.2 Å². The fourth-order valence-corrected chi connectivity index (χ4v) is 1.64. The molecule has 0 saturated heterocycles. The number of hydrogen-bond acceptors (Lipinski definition) is 3. The molecule has 0 aliphatic carbocycles. The Labute approximate surface area is 108 Å². The first-order valence-electron chi connectivity index (χ1n) is 6.15. The van der Waals surface area contributed by atoms with E-state index < -0.39 is 12.1 Å². The molecule has 1 rings (SSSR count). The highest BCUT2D eigenvalue weighted by molar-refractivity contribution is 5.72. The monoisotopic (exact) mass is 251 g/mol. The lowest BCUT2D eigenvalue weighted by molar-refractivity contribution is -0.145. The predicted octanol–water partition coefficient (Wildman–Crippen LogP) is 2.30. The molecular weight excluding hydrogens is 230 g/mol. The molecule has 0 radical (unpaired) electrons. The second kappa shape index (κ2) is 6.40. The maximum atomic E-state index is 11.0. The van der Waals surface area contributed by atoms with Gasteiger partial charge >= 0.3 is 5.97 Å². The van der Waals surface area contributed by atoms with Gasteiger partial charge in [-0.1, -0.05) is 26.0 Å². The number of aryl methyl sites for hydroxylation is 1. The second-order valence-corrected chi connectivity index (χ2v) is 4.70. The van der Waals surface area contributed by atoms with Gasteiger partial charge in [0.15, 0.2) is 6.10 Å². The molecule has 0 fully saturated rings. The quantitative estimate of drug-likeness (QED) is 0.813. The fraction of sp³-hybridized carbons (Fsp3) is 0.500. The Balaban J connectivity index is 2.93. The van der Waals surface area contributed by atoms with E-state index >= 15 is 0 Å². The molecule has 0 saturated carbocycles. The van der Waals surface area contributed by atoms with Gasteiger partial charge in [0.2, 0.25) is 0 Å². The van der Waals surface area contributed by atoms with Gasteiger partial charge in [-0.25, -0.2) is 4.79 Å². The summed E-state index contributed by atoms with van der Waals surface area (Å²) in [6.45, 7) is 6.37. The summed E-state index contributed by atoms with van der Waals surface area (Å²) in [5, 5.41) is 9.05. The molecule has 4 heteroatoms. The van der Waals surface area contributed by atoms with Gasteiger partial charge < -0.3 is 15.6 Å². The lowest BCUT2D eigenvalue weighted by Gasteiger charge is -2.17. The summed E-state index contributed by atoms with van der Waals surface area (Å²) in [5.74, 6) is 0.0302. The van der Waals surface area contributed by atoms with Gasteiger partial charge in [0.1, 0.15) is 5.75 Å². The van der Waals surface area contributed by atoms with Crippen LogP contribution in [0, 0.1) is 6.92 Å². The smallest absolute Gasteiger partial charge is 0.344 e. The lowest BCUT2D eigenvalue weighted by Crippen LogP contribution is -2.29. The van der Waals surface area contributed by atoms with E-state index in [0.717, 1.165) is 11.1 Å². The number of benzene rings is 1. The summed E-state index contributed by atoms with van der Waals surface area (Å²) in [7, 11) is 0. The molecule has 4 nitrogen and oxygen atoms in total. The number of carboxylic acids is 1. The number of carbonyl (C=O) groups is 1. The van der Waals surface area contributed by atoms with Crippen molar-refractivity contribution in [1.82, 2.24) is 0 Å². The SMILES string of the molecule is Cc1ccc(C(C)C)cc1OC(CCN)C(=O)O. The highest BCUT2D eigenvalue weighted by Gasteiger charge is 2.19. The van der Waals surface area contributed by atoms with Crippen LogP contribution in [0.15, 0.2) is 18.2 Å². The number of carboxylic acid groups (broad SMARTS) is 1. The molecule has 0 aliphatic rings. The van der Waals surface area contributed by atoms with Gasteiger partial charge in [0, 0.05) is 6.42 Å². The van der Waals surface area contributed by atoms with E-state index in [0.29, 0.717) is 24.6 Å². The molecule has 0 bridgehead atoms. The standard InChI is InChI=1S/C14H21NO3/c1-9(2)11-5-4-10(3)13(8-11)18-12(6-7-15)14(16)17/h4-5,8-9,12H,6-7,15H2,1-3H3,(H,16,17). The predicted molar refractivity (Wildman–Crippen MR) is 71.0 cm³/mol. The van der Waals surface area contributed by atoms with E-state index in [9.17, 15) is 4.79 Å². The Hall–Kier alpha value is -1.55. The molecule has 1 atom stereocenters. The Bertz CT molecular complexity index is 416. The number of nitrogens with two attached hydrogens (primary N) is 1. The first kappa shape index (κ1) is 14.5. The fourth-order valence-electron chi connectivity index (χ4n) is 1.64. The molecule has 1 aromatic rings. The number of ether oxygens (including phenoxy) is 1. The molecule has 1 aromatic carbocycles. The summed E-state index contributed by atoms with van der Waals surface area (Å²) < 4.78 is 5.56. The number of aliphatic carboxylic acids is 1. The van der Waals surface area contributed by atoms with Crippen LogP contribution in [-0.4, -0.2) is 23.7 Å². The van der Waals surface area contributed by atoms with E-state index in [1.807, 2.05) is 25.1 Å². The Morgan fingerprint density at radius 1 is 1.44 bits per heavy atom. The minimum atomic E-state index is -0.977. The first-order valence-corrected chi connectivity index (χ1v) is 6.15. The van der Waals surface area contributed by atoms with Gasteiger partial charge in [0.25, 0.3) is 0 Å². The first-order chi connectivity index (χ1) is 8.45. The average molecular weight is 251 g/mol. The third kappa shape index (κ3) is 3.74. The molecule has 1 unspecified atom stereocenters. The van der Waals surface area contributed by atoms with Crippen LogP contribution in [0.5, 0.6) is 5.75 Å². The van der Waals surface area contributed by atoms with Gasteiger partial charge in [-0.05, 0) is 36.6 Å². The summed E-state index contributed by atoms with van der Waals surface area (Å²) in [6.07, 6.45) is -0.572. The summed E-state index contributed by atoms with van der Waals surface area (Å²) in [5.41, 5.74) is 7.46. The third-order valence-corrected chi connectivity index (χ3v) is 2.85. The van der Waals surface area contributed by atoms with E-state index in [2.05, 4.69) is 13.8 Å². The topological polar surface area (TPSA) is 72.5 Å². The van der Waals surface area contributed by atoms with Crippen molar-refractivity contribution in [2.75, 3.05) is 6.54 Å². The van der Waals surface area contributed by atoms with Crippen molar-refractivity contribution >= 4 is 5.97 Å². The molecule has 0 spiro atoms.